The standard InChI is InChI=1S/C16H16Cl2S/c17-11-16(10-13-7-8-15(18)19-13)9-3-5-12-4-1-2-6-14(12)16/h1-2,4,6-8H,3,5,9-11H2. The average molecular weight is 311 g/mol. The van der Waals surface area contributed by atoms with E-state index in [4.69, 9.17) is 23.2 Å². The van der Waals surface area contributed by atoms with Gasteiger partial charge in [-0.2, -0.15) is 0 Å². The summed E-state index contributed by atoms with van der Waals surface area (Å²) in [6.07, 6.45) is 4.58. The van der Waals surface area contributed by atoms with Gasteiger partial charge in [0.15, 0.2) is 0 Å². The maximum atomic E-state index is 6.39. The summed E-state index contributed by atoms with van der Waals surface area (Å²) in [4.78, 5) is 1.34. The van der Waals surface area contributed by atoms with Crippen molar-refractivity contribution in [2.45, 2.75) is 31.1 Å². The van der Waals surface area contributed by atoms with E-state index in [1.165, 1.54) is 35.3 Å². The van der Waals surface area contributed by atoms with Crippen molar-refractivity contribution in [3.05, 3.63) is 56.7 Å². The first-order valence-electron chi connectivity index (χ1n) is 6.62. The quantitative estimate of drug-likeness (QED) is 0.661. The van der Waals surface area contributed by atoms with E-state index in [1.807, 2.05) is 6.07 Å². The summed E-state index contributed by atoms with van der Waals surface area (Å²) in [6, 6.07) is 12.9. The molecule has 1 aliphatic carbocycles. The molecule has 19 heavy (non-hydrogen) atoms. The van der Waals surface area contributed by atoms with Gasteiger partial charge in [0.25, 0.3) is 0 Å². The fraction of sp³-hybridized carbons (Fsp3) is 0.375. The highest BCUT2D eigenvalue weighted by Crippen LogP contribution is 2.42. The number of hydrogen-bond acceptors (Lipinski definition) is 1. The Hall–Kier alpha value is -0.500. The highest BCUT2D eigenvalue weighted by Gasteiger charge is 2.36. The number of hydrogen-bond donors (Lipinski definition) is 0. The number of rotatable bonds is 3. The molecule has 1 atom stereocenters. The van der Waals surface area contributed by atoms with E-state index in [0.717, 1.165) is 10.8 Å². The molecule has 0 nitrogen and oxygen atoms in total. The minimum Gasteiger partial charge on any atom is -0.128 e. The highest BCUT2D eigenvalue weighted by molar-refractivity contribution is 7.16. The summed E-state index contributed by atoms with van der Waals surface area (Å²) in [5, 5.41) is 0. The Morgan fingerprint density at radius 1 is 1.16 bits per heavy atom. The van der Waals surface area contributed by atoms with Crippen molar-refractivity contribution in [3.63, 3.8) is 0 Å². The molecule has 1 aliphatic rings. The monoisotopic (exact) mass is 310 g/mol. The zero-order chi connectivity index (χ0) is 13.3. The minimum atomic E-state index is 0.0879. The van der Waals surface area contributed by atoms with E-state index >= 15 is 0 Å². The molecule has 0 radical (unpaired) electrons. The zero-order valence-corrected chi connectivity index (χ0v) is 13.0. The van der Waals surface area contributed by atoms with Gasteiger partial charge in [0.2, 0.25) is 0 Å². The molecule has 0 aliphatic heterocycles. The van der Waals surface area contributed by atoms with Crippen molar-refractivity contribution in [3.8, 4) is 0 Å². The molecular formula is C16H16Cl2S. The average Bonchev–Trinajstić information content (AvgIpc) is 2.84. The van der Waals surface area contributed by atoms with Crippen molar-refractivity contribution >= 4 is 34.5 Å². The molecule has 0 spiro atoms. The minimum absolute atomic E-state index is 0.0879. The van der Waals surface area contributed by atoms with Crippen LogP contribution in [0.5, 0.6) is 0 Å². The summed E-state index contributed by atoms with van der Waals surface area (Å²) in [5.74, 6) is 0.680. The third kappa shape index (κ3) is 2.56. The van der Waals surface area contributed by atoms with Gasteiger partial charge in [0, 0.05) is 16.2 Å². The molecule has 1 aromatic carbocycles. The van der Waals surface area contributed by atoms with Gasteiger partial charge in [0.05, 0.1) is 4.34 Å². The van der Waals surface area contributed by atoms with Crippen LogP contribution in [0.15, 0.2) is 36.4 Å². The normalized spacial score (nSPS) is 22.2. The number of halogens is 2. The summed E-state index contributed by atoms with van der Waals surface area (Å²) >= 11 is 14.1. The summed E-state index contributed by atoms with van der Waals surface area (Å²) in [5.41, 5.74) is 3.00. The summed E-state index contributed by atoms with van der Waals surface area (Å²) < 4.78 is 0.865. The van der Waals surface area contributed by atoms with Crippen LogP contribution in [-0.2, 0) is 18.3 Å². The first-order chi connectivity index (χ1) is 9.23. The van der Waals surface area contributed by atoms with Crippen molar-refractivity contribution in [1.82, 2.24) is 0 Å². The summed E-state index contributed by atoms with van der Waals surface area (Å²) in [7, 11) is 0. The molecule has 0 amide bonds. The van der Waals surface area contributed by atoms with E-state index in [0.29, 0.717) is 5.88 Å². The van der Waals surface area contributed by atoms with E-state index in [-0.39, 0.29) is 5.41 Å². The molecule has 3 rings (SSSR count). The third-order valence-electron chi connectivity index (χ3n) is 4.09. The Balaban J connectivity index is 2.00. The molecule has 100 valence electrons. The molecule has 1 aromatic heterocycles. The number of benzene rings is 1. The molecule has 0 fully saturated rings. The lowest BCUT2D eigenvalue weighted by molar-refractivity contribution is 0.399. The maximum absolute atomic E-state index is 6.39. The lowest BCUT2D eigenvalue weighted by Crippen LogP contribution is -2.35. The molecule has 1 heterocycles. The Kier molecular flexibility index (Phi) is 3.88. The molecule has 0 saturated heterocycles. The molecule has 0 saturated carbocycles. The summed E-state index contributed by atoms with van der Waals surface area (Å²) in [6.45, 7) is 0. The van der Waals surface area contributed by atoms with Crippen molar-refractivity contribution in [1.29, 1.82) is 0 Å². The van der Waals surface area contributed by atoms with Crippen molar-refractivity contribution in [2.24, 2.45) is 0 Å². The van der Waals surface area contributed by atoms with Crippen LogP contribution < -0.4 is 0 Å². The SMILES string of the molecule is ClCC1(Cc2ccc(Cl)s2)CCCc2ccccc21. The van der Waals surface area contributed by atoms with Crippen molar-refractivity contribution in [2.75, 3.05) is 5.88 Å². The van der Waals surface area contributed by atoms with Crippen molar-refractivity contribution < 1.29 is 0 Å². The molecule has 2 aromatic rings. The predicted octanol–water partition coefficient (Wildman–Crippen LogP) is 5.46. The molecule has 3 heteroatoms. The first kappa shape index (κ1) is 13.5. The van der Waals surface area contributed by atoms with Crippen LogP contribution in [-0.4, -0.2) is 5.88 Å². The van der Waals surface area contributed by atoms with Gasteiger partial charge in [-0.3, -0.25) is 0 Å². The van der Waals surface area contributed by atoms with Crippen LogP contribution in [0.3, 0.4) is 0 Å². The Morgan fingerprint density at radius 3 is 2.74 bits per heavy atom. The molecule has 0 N–H and O–H groups in total. The Bertz CT molecular complexity index is 576. The fourth-order valence-electron chi connectivity index (χ4n) is 3.16. The third-order valence-corrected chi connectivity index (χ3v) is 5.83. The number of fused-ring (bicyclic) bond motifs is 1. The lowest BCUT2D eigenvalue weighted by atomic mass is 9.69. The van der Waals surface area contributed by atoms with E-state index in [2.05, 4.69) is 30.3 Å². The maximum Gasteiger partial charge on any atom is 0.0931 e. The van der Waals surface area contributed by atoms with Crippen LogP contribution >= 0.6 is 34.5 Å². The highest BCUT2D eigenvalue weighted by atomic mass is 35.5. The topological polar surface area (TPSA) is 0 Å². The molecular weight excluding hydrogens is 295 g/mol. The van der Waals surface area contributed by atoms with Crippen LogP contribution in [0.25, 0.3) is 0 Å². The lowest BCUT2D eigenvalue weighted by Gasteiger charge is -2.37. The van der Waals surface area contributed by atoms with Gasteiger partial charge in [-0.05, 0) is 48.9 Å². The Morgan fingerprint density at radius 2 is 2.00 bits per heavy atom. The number of aryl methyl sites for hydroxylation is 1. The number of thiophene rings is 1. The van der Waals surface area contributed by atoms with Crippen LogP contribution in [0.4, 0.5) is 0 Å². The number of alkyl halides is 1. The second-order valence-corrected chi connectivity index (χ2v) is 7.37. The molecule has 1 unspecified atom stereocenters. The van der Waals surface area contributed by atoms with E-state index < -0.39 is 0 Å². The second kappa shape index (κ2) is 5.47. The van der Waals surface area contributed by atoms with Crippen LogP contribution in [0.2, 0.25) is 4.34 Å². The Labute approximate surface area is 128 Å². The van der Waals surface area contributed by atoms with Gasteiger partial charge in [-0.15, -0.1) is 22.9 Å². The van der Waals surface area contributed by atoms with Crippen LogP contribution in [0.1, 0.15) is 28.8 Å². The first-order valence-corrected chi connectivity index (χ1v) is 8.35. The van der Waals surface area contributed by atoms with E-state index in [9.17, 15) is 0 Å². The van der Waals surface area contributed by atoms with Gasteiger partial charge >= 0.3 is 0 Å². The zero-order valence-electron chi connectivity index (χ0n) is 10.7. The largest absolute Gasteiger partial charge is 0.128 e. The van der Waals surface area contributed by atoms with Crippen LogP contribution in [0, 0.1) is 0 Å². The fourth-order valence-corrected chi connectivity index (χ4v) is 4.76. The van der Waals surface area contributed by atoms with Gasteiger partial charge in [0.1, 0.15) is 0 Å². The van der Waals surface area contributed by atoms with Gasteiger partial charge in [-0.1, -0.05) is 35.9 Å². The molecule has 0 bridgehead atoms. The van der Waals surface area contributed by atoms with Gasteiger partial charge in [-0.25, -0.2) is 0 Å². The second-order valence-electron chi connectivity index (χ2n) is 5.31. The van der Waals surface area contributed by atoms with Gasteiger partial charge < -0.3 is 0 Å². The smallest absolute Gasteiger partial charge is 0.0931 e. The van der Waals surface area contributed by atoms with E-state index in [1.54, 1.807) is 11.3 Å². The predicted molar refractivity (Wildman–Crippen MR) is 84.8 cm³/mol.